The molecule has 6 atom stereocenters. The number of hydrogen-bond donors (Lipinski definition) is 1. The third-order valence-electron chi connectivity index (χ3n) is 10.9. The minimum Gasteiger partial charge on any atom is -0.504 e. The molecule has 13 heteroatoms. The highest BCUT2D eigenvalue weighted by Gasteiger charge is 2.76. The summed E-state index contributed by atoms with van der Waals surface area (Å²) in [6, 6.07) is 22.9. The summed E-state index contributed by atoms with van der Waals surface area (Å²) in [6.07, 6.45) is 1.68. The number of carbonyl (C=O) groups is 5. The van der Waals surface area contributed by atoms with Crippen molar-refractivity contribution in [1.29, 1.82) is 0 Å². The van der Waals surface area contributed by atoms with Crippen molar-refractivity contribution in [2.75, 3.05) is 16.9 Å². The zero-order valence-corrected chi connectivity index (χ0v) is 31.4. The van der Waals surface area contributed by atoms with E-state index in [-0.39, 0.29) is 41.5 Å². The predicted octanol–water partition coefficient (Wildman–Crippen LogP) is 7.14. The second-order valence-electron chi connectivity index (χ2n) is 13.6. The number of amides is 4. The molecule has 4 aromatic carbocycles. The van der Waals surface area contributed by atoms with Crippen LogP contribution in [0, 0.1) is 27.1 Å². The van der Waals surface area contributed by atoms with E-state index < -0.39 is 62.9 Å². The fourth-order valence-electron chi connectivity index (χ4n) is 8.46. The van der Waals surface area contributed by atoms with Gasteiger partial charge >= 0.3 is 0 Å². The molecule has 6 unspecified atom stereocenters. The topological polar surface area (TPSA) is 121 Å². The van der Waals surface area contributed by atoms with E-state index in [0.717, 1.165) is 21.9 Å². The number of fused-ring (bicyclic) bond motifs is 4. The Morgan fingerprint density at radius 1 is 0.849 bits per heavy atom. The Bertz CT molecular complexity index is 2290. The Morgan fingerprint density at radius 3 is 2.13 bits per heavy atom. The molecule has 0 aromatic heterocycles. The van der Waals surface area contributed by atoms with Gasteiger partial charge in [-0.05, 0) is 108 Å². The number of anilines is 2. The van der Waals surface area contributed by atoms with E-state index in [1.807, 2.05) is 28.7 Å². The second-order valence-corrected chi connectivity index (χ2v) is 16.0. The molecule has 53 heavy (non-hydrogen) atoms. The fourth-order valence-corrected chi connectivity index (χ4v) is 10.0. The van der Waals surface area contributed by atoms with Gasteiger partial charge in [-0.1, -0.05) is 42.0 Å². The normalized spacial score (nSPS) is 27.7. The van der Waals surface area contributed by atoms with E-state index >= 15 is 0 Å². The summed E-state index contributed by atoms with van der Waals surface area (Å²) < 4.78 is 19.8. The maximum absolute atomic E-state index is 14.6. The Labute approximate surface area is 326 Å². The lowest BCUT2D eigenvalue weighted by atomic mass is 9.56. The highest BCUT2D eigenvalue weighted by molar-refractivity contribution is 14.1. The van der Waals surface area contributed by atoms with Crippen LogP contribution < -0.4 is 14.5 Å². The van der Waals surface area contributed by atoms with Crippen LogP contribution in [0.15, 0.2) is 103 Å². The average Bonchev–Trinajstić information content (AvgIpc) is 3.50. The lowest BCUT2D eigenvalue weighted by molar-refractivity contribution is -0.125. The Kier molecular flexibility index (Phi) is 8.54. The molecular weight excluding hydrogens is 837 g/mol. The standard InChI is InChI=1S/C40H28Cl2FIN2O7/c1-53-30-18-22(17-29(44)34(30)48)32-26-15-16-27-31(28(26)19-39(41)37(51)46(38(52)40(32,39)42)25-13-9-23(43)10-14-25)36(50)45(35(27)49)24-11-7-21(8-12-24)33(47)20-5-3-2-4-6-20/h2-15,17-18,27-28,31-32,48H,16,19H2,1H3. The number of hydrogen-bond acceptors (Lipinski definition) is 7. The maximum Gasteiger partial charge on any atom is 0.258 e. The molecule has 2 saturated heterocycles. The molecule has 2 heterocycles. The number of halogens is 4. The molecule has 4 amide bonds. The van der Waals surface area contributed by atoms with Gasteiger partial charge in [0.1, 0.15) is 5.82 Å². The number of ketones is 1. The van der Waals surface area contributed by atoms with Gasteiger partial charge in [0.2, 0.25) is 11.8 Å². The van der Waals surface area contributed by atoms with Crippen LogP contribution in [0.4, 0.5) is 15.8 Å². The monoisotopic (exact) mass is 864 g/mol. The summed E-state index contributed by atoms with van der Waals surface area (Å²) in [4.78, 5) is 68.4. The SMILES string of the molecule is COc1cc(C2C3=CCC4C(=O)N(c5ccc(C(=O)c6ccccc6)cc5)C(=O)C4C3CC3(Cl)C(=O)N(c4ccc(F)cc4)C(=O)C23Cl)cc(I)c1O. The van der Waals surface area contributed by atoms with E-state index in [1.165, 1.54) is 25.3 Å². The smallest absolute Gasteiger partial charge is 0.258 e. The molecule has 1 N–H and O–H groups in total. The third-order valence-corrected chi connectivity index (χ3v) is 13.2. The molecule has 1 saturated carbocycles. The molecule has 0 radical (unpaired) electrons. The van der Waals surface area contributed by atoms with Crippen molar-refractivity contribution >= 4 is 86.6 Å². The van der Waals surface area contributed by atoms with Crippen LogP contribution in [-0.2, 0) is 19.2 Å². The number of phenols is 1. The van der Waals surface area contributed by atoms with Gasteiger partial charge in [-0.15, -0.1) is 23.2 Å². The number of allylic oxidation sites excluding steroid dienone is 2. The fraction of sp³-hybridized carbons (Fsp3) is 0.225. The lowest BCUT2D eigenvalue weighted by Gasteiger charge is -2.50. The van der Waals surface area contributed by atoms with Crippen LogP contribution >= 0.6 is 45.8 Å². The van der Waals surface area contributed by atoms with Gasteiger partial charge in [-0.3, -0.25) is 28.9 Å². The molecular formula is C40H28Cl2FIN2O7. The number of ether oxygens (including phenoxy) is 1. The summed E-state index contributed by atoms with van der Waals surface area (Å²) in [5.74, 6) is -7.18. The Morgan fingerprint density at radius 2 is 1.47 bits per heavy atom. The van der Waals surface area contributed by atoms with Crippen molar-refractivity contribution in [3.8, 4) is 11.5 Å². The molecule has 268 valence electrons. The number of rotatable bonds is 6. The summed E-state index contributed by atoms with van der Waals surface area (Å²) in [6.45, 7) is 0. The first-order valence-electron chi connectivity index (χ1n) is 16.7. The van der Waals surface area contributed by atoms with Gasteiger partial charge in [0.25, 0.3) is 11.8 Å². The van der Waals surface area contributed by atoms with Gasteiger partial charge in [0, 0.05) is 17.0 Å². The van der Waals surface area contributed by atoms with Crippen LogP contribution in [0.3, 0.4) is 0 Å². The van der Waals surface area contributed by atoms with Gasteiger partial charge < -0.3 is 9.84 Å². The van der Waals surface area contributed by atoms with Crippen molar-refractivity contribution in [2.45, 2.75) is 28.5 Å². The lowest BCUT2D eigenvalue weighted by Crippen LogP contribution is -2.60. The minimum atomic E-state index is -2.15. The molecule has 8 rings (SSSR count). The minimum absolute atomic E-state index is 0.0646. The Balaban J connectivity index is 1.22. The van der Waals surface area contributed by atoms with Gasteiger partial charge in [-0.25, -0.2) is 9.29 Å². The number of benzene rings is 4. The number of imide groups is 2. The number of nitrogens with zero attached hydrogens (tertiary/aromatic N) is 2. The zero-order valence-electron chi connectivity index (χ0n) is 27.8. The number of methoxy groups -OCH3 is 1. The summed E-state index contributed by atoms with van der Waals surface area (Å²) in [7, 11) is 1.37. The van der Waals surface area contributed by atoms with E-state index in [1.54, 1.807) is 60.7 Å². The third kappa shape index (κ3) is 5.10. The van der Waals surface area contributed by atoms with Crippen LogP contribution in [0.25, 0.3) is 0 Å². The maximum atomic E-state index is 14.6. The van der Waals surface area contributed by atoms with E-state index in [4.69, 9.17) is 27.9 Å². The first kappa shape index (κ1) is 35.4. The highest BCUT2D eigenvalue weighted by Crippen LogP contribution is 2.66. The molecule has 2 aliphatic carbocycles. The summed E-state index contributed by atoms with van der Waals surface area (Å²) in [5, 5.41) is 10.7. The van der Waals surface area contributed by atoms with Gasteiger partial charge in [-0.2, -0.15) is 0 Å². The average molecular weight is 865 g/mol. The van der Waals surface area contributed by atoms with E-state index in [0.29, 0.717) is 25.8 Å². The molecule has 9 nitrogen and oxygen atoms in total. The van der Waals surface area contributed by atoms with Crippen LogP contribution in [-0.4, -0.2) is 51.4 Å². The largest absolute Gasteiger partial charge is 0.504 e. The first-order valence-corrected chi connectivity index (χ1v) is 18.5. The van der Waals surface area contributed by atoms with Gasteiger partial charge in [0.15, 0.2) is 27.0 Å². The molecule has 0 spiro atoms. The van der Waals surface area contributed by atoms with Crippen molar-refractivity contribution in [2.24, 2.45) is 17.8 Å². The van der Waals surface area contributed by atoms with Crippen molar-refractivity contribution in [1.82, 2.24) is 0 Å². The zero-order chi connectivity index (χ0) is 37.6. The number of alkyl halides is 2. The van der Waals surface area contributed by atoms with Crippen molar-refractivity contribution in [3.05, 3.63) is 129 Å². The molecule has 3 fully saturated rings. The van der Waals surface area contributed by atoms with Gasteiger partial charge in [0.05, 0.1) is 33.9 Å². The number of phenolic OH excluding ortho intramolecular Hbond substituents is 1. The summed E-state index contributed by atoms with van der Waals surface area (Å²) in [5.41, 5.74) is 2.17. The predicted molar refractivity (Wildman–Crippen MR) is 203 cm³/mol. The van der Waals surface area contributed by atoms with E-state index in [9.17, 15) is 33.5 Å². The van der Waals surface area contributed by atoms with Crippen LogP contribution in [0.2, 0.25) is 0 Å². The van der Waals surface area contributed by atoms with Crippen LogP contribution in [0.1, 0.15) is 40.2 Å². The highest BCUT2D eigenvalue weighted by atomic mass is 127. The first-order chi connectivity index (χ1) is 25.3. The molecule has 2 aliphatic heterocycles. The molecule has 0 bridgehead atoms. The van der Waals surface area contributed by atoms with Crippen LogP contribution in [0.5, 0.6) is 11.5 Å². The Hall–Kier alpha value is -4.59. The number of aromatic hydroxyl groups is 1. The van der Waals surface area contributed by atoms with Crippen molar-refractivity contribution < 1.29 is 38.2 Å². The summed E-state index contributed by atoms with van der Waals surface area (Å²) >= 11 is 16.8. The quantitative estimate of drug-likeness (QED) is 0.0720. The second kappa shape index (κ2) is 12.8. The van der Waals surface area contributed by atoms with E-state index in [2.05, 4.69) is 0 Å². The molecule has 4 aromatic rings. The molecule has 4 aliphatic rings. The number of carbonyl (C=O) groups excluding carboxylic acids is 5. The van der Waals surface area contributed by atoms with Crippen molar-refractivity contribution in [3.63, 3.8) is 0 Å².